The van der Waals surface area contributed by atoms with Gasteiger partial charge in [0.05, 0.1) is 11.1 Å². The third kappa shape index (κ3) is 3.39. The minimum Gasteiger partial charge on any atom is -0.460 e. The zero-order valence-electron chi connectivity index (χ0n) is 14.2. The predicted octanol–water partition coefficient (Wildman–Crippen LogP) is 2.23. The molecule has 2 aromatic carbocycles. The van der Waals surface area contributed by atoms with E-state index in [0.29, 0.717) is 0 Å². The van der Waals surface area contributed by atoms with Crippen molar-refractivity contribution < 1.29 is 23.9 Å². The van der Waals surface area contributed by atoms with Gasteiger partial charge in [0, 0.05) is 6.54 Å². The topological polar surface area (TPSA) is 80.8 Å². The zero-order valence-corrected chi connectivity index (χ0v) is 14.2. The number of hydrogen-bond acceptors (Lipinski definition) is 5. The fourth-order valence-corrected chi connectivity index (χ4v) is 2.79. The number of ketones is 1. The number of hydrogen-bond donors (Lipinski definition) is 0. The third-order valence-corrected chi connectivity index (χ3v) is 4.24. The average molecular weight is 351 g/mol. The first-order valence-electron chi connectivity index (χ1n) is 8.15. The highest BCUT2D eigenvalue weighted by molar-refractivity contribution is 6.21. The van der Waals surface area contributed by atoms with E-state index in [2.05, 4.69) is 0 Å². The van der Waals surface area contributed by atoms with Crippen molar-refractivity contribution >= 4 is 23.6 Å². The number of esters is 1. The van der Waals surface area contributed by atoms with Crippen molar-refractivity contribution in [2.24, 2.45) is 5.92 Å². The van der Waals surface area contributed by atoms with Gasteiger partial charge in [0.15, 0.2) is 0 Å². The highest BCUT2D eigenvalue weighted by Gasteiger charge is 2.39. The molecule has 2 amide bonds. The lowest BCUT2D eigenvalue weighted by atomic mass is 10.1. The maximum Gasteiger partial charge on any atom is 0.318 e. The van der Waals surface area contributed by atoms with Crippen LogP contribution in [0.3, 0.4) is 0 Å². The van der Waals surface area contributed by atoms with Crippen LogP contribution in [0.1, 0.15) is 33.2 Å². The highest BCUT2D eigenvalue weighted by atomic mass is 16.5. The summed E-state index contributed by atoms with van der Waals surface area (Å²) in [4.78, 5) is 50.0. The maximum atomic E-state index is 12.4. The Labute approximate surface area is 150 Å². The Morgan fingerprint density at radius 1 is 0.923 bits per heavy atom. The molecule has 0 N–H and O–H groups in total. The van der Waals surface area contributed by atoms with E-state index < -0.39 is 29.5 Å². The molecule has 0 fully saturated rings. The Morgan fingerprint density at radius 3 is 2.00 bits per heavy atom. The third-order valence-electron chi connectivity index (χ3n) is 4.24. The first kappa shape index (κ1) is 17.5. The minimum absolute atomic E-state index is 0.0194. The number of imide groups is 1. The van der Waals surface area contributed by atoms with Crippen molar-refractivity contribution in [1.82, 2.24) is 4.90 Å². The van der Waals surface area contributed by atoms with Crippen molar-refractivity contribution in [3.63, 3.8) is 0 Å². The Hall–Kier alpha value is -3.28. The van der Waals surface area contributed by atoms with Gasteiger partial charge in [0.25, 0.3) is 11.8 Å². The molecule has 132 valence electrons. The van der Waals surface area contributed by atoms with Gasteiger partial charge in [0.2, 0.25) is 0 Å². The van der Waals surface area contributed by atoms with Crippen LogP contribution in [0.15, 0.2) is 54.6 Å². The van der Waals surface area contributed by atoms with E-state index in [9.17, 15) is 19.2 Å². The molecule has 0 saturated heterocycles. The van der Waals surface area contributed by atoms with Crippen LogP contribution in [0.5, 0.6) is 0 Å². The van der Waals surface area contributed by atoms with Gasteiger partial charge in [0.1, 0.15) is 18.3 Å². The standard InChI is InChI=1S/C20H17NO5/c1-13(22)17(20(25)26-12-14-7-3-2-4-8-14)11-21-18(23)15-9-5-6-10-16(15)19(21)24/h2-10,17H,11-12H2,1H3. The Kier molecular flexibility index (Phi) is 4.93. The zero-order chi connectivity index (χ0) is 18.7. The van der Waals surface area contributed by atoms with Crippen LogP contribution in [-0.2, 0) is 20.9 Å². The number of nitrogens with zero attached hydrogens (tertiary/aromatic N) is 1. The average Bonchev–Trinajstić information content (AvgIpc) is 2.89. The molecule has 26 heavy (non-hydrogen) atoms. The number of fused-ring (bicyclic) bond motifs is 1. The second-order valence-electron chi connectivity index (χ2n) is 6.02. The molecule has 6 nitrogen and oxygen atoms in total. The second-order valence-corrected chi connectivity index (χ2v) is 6.02. The van der Waals surface area contributed by atoms with Crippen LogP contribution >= 0.6 is 0 Å². The quantitative estimate of drug-likeness (QED) is 0.453. The van der Waals surface area contributed by atoms with Gasteiger partial charge in [-0.3, -0.25) is 24.1 Å². The molecule has 0 saturated carbocycles. The molecule has 1 heterocycles. The van der Waals surface area contributed by atoms with E-state index in [1.54, 1.807) is 36.4 Å². The van der Waals surface area contributed by atoms with Gasteiger partial charge >= 0.3 is 5.97 Å². The summed E-state index contributed by atoms with van der Waals surface area (Å²) in [5, 5.41) is 0. The smallest absolute Gasteiger partial charge is 0.318 e. The summed E-state index contributed by atoms with van der Waals surface area (Å²) in [6.07, 6.45) is 0. The van der Waals surface area contributed by atoms with Gasteiger partial charge in [-0.2, -0.15) is 0 Å². The summed E-state index contributed by atoms with van der Waals surface area (Å²) in [7, 11) is 0. The normalized spacial score (nSPS) is 14.1. The van der Waals surface area contributed by atoms with Gasteiger partial charge < -0.3 is 4.74 Å². The number of amides is 2. The molecule has 0 aliphatic carbocycles. The number of benzene rings is 2. The van der Waals surface area contributed by atoms with E-state index in [1.807, 2.05) is 18.2 Å². The molecule has 0 bridgehead atoms. The monoisotopic (exact) mass is 351 g/mol. The first-order valence-corrected chi connectivity index (χ1v) is 8.15. The van der Waals surface area contributed by atoms with Crippen LogP contribution < -0.4 is 0 Å². The summed E-state index contributed by atoms with van der Waals surface area (Å²) in [5.41, 5.74) is 1.33. The molecule has 1 aliphatic rings. The minimum atomic E-state index is -1.21. The Balaban J connectivity index is 1.71. The first-order chi connectivity index (χ1) is 12.5. The second kappa shape index (κ2) is 7.31. The van der Waals surface area contributed by atoms with E-state index in [1.165, 1.54) is 6.92 Å². The number of carbonyl (C=O) groups excluding carboxylic acids is 4. The molecule has 6 heteroatoms. The molecule has 0 aromatic heterocycles. The van der Waals surface area contributed by atoms with E-state index in [0.717, 1.165) is 10.5 Å². The number of carbonyl (C=O) groups is 4. The van der Waals surface area contributed by atoms with Crippen molar-refractivity contribution in [3.8, 4) is 0 Å². The van der Waals surface area contributed by atoms with Gasteiger partial charge in [-0.25, -0.2) is 0 Å². The Bertz CT molecular complexity index is 840. The van der Waals surface area contributed by atoms with Gasteiger partial charge in [-0.05, 0) is 24.6 Å². The molecule has 1 aliphatic heterocycles. The van der Waals surface area contributed by atoms with Crippen LogP contribution in [0.2, 0.25) is 0 Å². The van der Waals surface area contributed by atoms with Crippen molar-refractivity contribution in [1.29, 1.82) is 0 Å². The van der Waals surface area contributed by atoms with Gasteiger partial charge in [-0.15, -0.1) is 0 Å². The van der Waals surface area contributed by atoms with Gasteiger partial charge in [-0.1, -0.05) is 42.5 Å². The predicted molar refractivity (Wildman–Crippen MR) is 92.2 cm³/mol. The SMILES string of the molecule is CC(=O)C(CN1C(=O)c2ccccc2C1=O)C(=O)OCc1ccccc1. The number of ether oxygens (including phenoxy) is 1. The fourth-order valence-electron chi connectivity index (χ4n) is 2.79. The largest absolute Gasteiger partial charge is 0.460 e. The molecule has 2 aromatic rings. The van der Waals surface area contributed by atoms with Crippen molar-refractivity contribution in [3.05, 3.63) is 71.3 Å². The summed E-state index contributed by atoms with van der Waals surface area (Å²) >= 11 is 0. The number of Topliss-reactive ketones (excluding diaryl/α,β-unsaturated/α-hetero) is 1. The molecule has 0 radical (unpaired) electrons. The Morgan fingerprint density at radius 2 is 1.46 bits per heavy atom. The summed E-state index contributed by atoms with van der Waals surface area (Å²) in [6, 6.07) is 15.5. The van der Waals surface area contributed by atoms with Crippen LogP contribution in [0.4, 0.5) is 0 Å². The summed E-state index contributed by atoms with van der Waals surface area (Å²) < 4.78 is 5.20. The van der Waals surface area contributed by atoms with Crippen LogP contribution in [-0.4, -0.2) is 35.0 Å². The molecule has 1 atom stereocenters. The lowest BCUT2D eigenvalue weighted by molar-refractivity contribution is -0.153. The molecular weight excluding hydrogens is 334 g/mol. The molecule has 3 rings (SSSR count). The summed E-state index contributed by atoms with van der Waals surface area (Å²) in [5.74, 6) is -3.43. The number of rotatable bonds is 6. The lowest BCUT2D eigenvalue weighted by Gasteiger charge is -2.19. The lowest BCUT2D eigenvalue weighted by Crippen LogP contribution is -2.40. The highest BCUT2D eigenvalue weighted by Crippen LogP contribution is 2.24. The summed E-state index contributed by atoms with van der Waals surface area (Å²) in [6.45, 7) is 0.938. The van der Waals surface area contributed by atoms with E-state index in [4.69, 9.17) is 4.74 Å². The van der Waals surface area contributed by atoms with E-state index >= 15 is 0 Å². The van der Waals surface area contributed by atoms with Crippen LogP contribution in [0.25, 0.3) is 0 Å². The van der Waals surface area contributed by atoms with Crippen LogP contribution in [0, 0.1) is 5.92 Å². The molecular formula is C20H17NO5. The fraction of sp³-hybridized carbons (Fsp3) is 0.200. The molecule has 0 spiro atoms. The van der Waals surface area contributed by atoms with Crippen molar-refractivity contribution in [2.45, 2.75) is 13.5 Å². The molecule has 1 unspecified atom stereocenters. The maximum absolute atomic E-state index is 12.4. The van der Waals surface area contributed by atoms with E-state index in [-0.39, 0.29) is 24.3 Å². The van der Waals surface area contributed by atoms with Crippen molar-refractivity contribution in [2.75, 3.05) is 6.54 Å².